The first-order chi connectivity index (χ1) is 8.61. The van der Waals surface area contributed by atoms with Crippen LogP contribution >= 0.6 is 0 Å². The van der Waals surface area contributed by atoms with Gasteiger partial charge in [-0.3, -0.25) is 4.79 Å². The third kappa shape index (κ3) is 2.16. The molecule has 1 atom stereocenters. The van der Waals surface area contributed by atoms with E-state index >= 15 is 0 Å². The van der Waals surface area contributed by atoms with Crippen LogP contribution in [0, 0.1) is 10.8 Å². The average molecular weight is 254 g/mol. The van der Waals surface area contributed by atoms with Crippen LogP contribution in [0.1, 0.15) is 39.5 Å². The molecule has 104 valence electrons. The van der Waals surface area contributed by atoms with Crippen LogP contribution in [0.25, 0.3) is 0 Å². The van der Waals surface area contributed by atoms with Gasteiger partial charge in [0.1, 0.15) is 0 Å². The average Bonchev–Trinajstić information content (AvgIpc) is 3.03. The van der Waals surface area contributed by atoms with E-state index in [0.717, 1.165) is 52.0 Å². The molecule has 0 aromatic rings. The Balaban J connectivity index is 2.06. The summed E-state index contributed by atoms with van der Waals surface area (Å²) in [5, 5.41) is 0. The number of hydrogen-bond donors (Lipinski definition) is 1. The Kier molecular flexibility index (Phi) is 3.97. The summed E-state index contributed by atoms with van der Waals surface area (Å²) in [7, 11) is 0. The molecule has 2 heterocycles. The largest absolute Gasteiger partial charge is 0.381 e. The van der Waals surface area contributed by atoms with Crippen LogP contribution in [-0.4, -0.2) is 43.7 Å². The Morgan fingerprint density at radius 1 is 1.39 bits per heavy atom. The lowest BCUT2D eigenvalue weighted by Crippen LogP contribution is -2.47. The molecule has 2 aliphatic heterocycles. The lowest BCUT2D eigenvalue weighted by Gasteiger charge is -2.34. The maximum Gasteiger partial charge on any atom is 0.230 e. The van der Waals surface area contributed by atoms with Crippen molar-refractivity contribution in [1.82, 2.24) is 4.90 Å². The highest BCUT2D eigenvalue weighted by atomic mass is 16.5. The summed E-state index contributed by atoms with van der Waals surface area (Å²) in [6, 6.07) is 0. The van der Waals surface area contributed by atoms with Crippen molar-refractivity contribution in [3.63, 3.8) is 0 Å². The first-order valence-electron chi connectivity index (χ1n) is 7.18. The lowest BCUT2D eigenvalue weighted by atomic mass is 9.80. The number of carbonyl (C=O) groups excluding carboxylic acids is 1. The minimum Gasteiger partial charge on any atom is -0.381 e. The van der Waals surface area contributed by atoms with Gasteiger partial charge in [0.05, 0.1) is 12.0 Å². The van der Waals surface area contributed by atoms with E-state index < -0.39 is 0 Å². The quantitative estimate of drug-likeness (QED) is 0.825. The molecular formula is C14H26N2O2. The molecule has 2 N–H and O–H groups in total. The smallest absolute Gasteiger partial charge is 0.230 e. The Hall–Kier alpha value is -0.610. The van der Waals surface area contributed by atoms with Crippen molar-refractivity contribution in [1.29, 1.82) is 0 Å². The summed E-state index contributed by atoms with van der Waals surface area (Å²) in [6.45, 7) is 8.02. The van der Waals surface area contributed by atoms with E-state index in [2.05, 4.69) is 13.8 Å². The molecule has 4 heteroatoms. The Morgan fingerprint density at radius 2 is 2.11 bits per heavy atom. The lowest BCUT2D eigenvalue weighted by molar-refractivity contribution is -0.141. The number of carbonyl (C=O) groups is 1. The van der Waals surface area contributed by atoms with Crippen LogP contribution < -0.4 is 5.73 Å². The third-order valence-corrected chi connectivity index (χ3v) is 5.11. The van der Waals surface area contributed by atoms with E-state index in [0.29, 0.717) is 6.54 Å². The van der Waals surface area contributed by atoms with Gasteiger partial charge in [0, 0.05) is 31.7 Å². The molecule has 2 rings (SSSR count). The molecule has 2 aliphatic rings. The van der Waals surface area contributed by atoms with E-state index in [9.17, 15) is 4.79 Å². The second kappa shape index (κ2) is 5.17. The second-order valence-corrected chi connectivity index (χ2v) is 5.97. The van der Waals surface area contributed by atoms with E-state index in [1.807, 2.05) is 4.90 Å². The maximum absolute atomic E-state index is 12.7. The first kappa shape index (κ1) is 13.8. The van der Waals surface area contributed by atoms with Crippen molar-refractivity contribution in [2.24, 2.45) is 16.6 Å². The predicted octanol–water partition coefficient (Wildman–Crippen LogP) is 1.39. The van der Waals surface area contributed by atoms with Crippen LogP contribution in [0.5, 0.6) is 0 Å². The minimum atomic E-state index is -0.342. The summed E-state index contributed by atoms with van der Waals surface area (Å²) in [4.78, 5) is 14.7. The fraction of sp³-hybridized carbons (Fsp3) is 0.929. The number of ether oxygens (including phenoxy) is 1. The third-order valence-electron chi connectivity index (χ3n) is 5.11. The van der Waals surface area contributed by atoms with Gasteiger partial charge in [-0.1, -0.05) is 13.8 Å². The highest BCUT2D eigenvalue weighted by Crippen LogP contribution is 2.40. The molecule has 0 bridgehead atoms. The Labute approximate surface area is 110 Å². The van der Waals surface area contributed by atoms with Crippen molar-refractivity contribution in [2.45, 2.75) is 39.5 Å². The Morgan fingerprint density at radius 3 is 2.61 bits per heavy atom. The molecule has 2 saturated heterocycles. The molecule has 2 fully saturated rings. The van der Waals surface area contributed by atoms with Gasteiger partial charge in [0.25, 0.3) is 0 Å². The molecule has 4 nitrogen and oxygen atoms in total. The highest BCUT2D eigenvalue weighted by molar-refractivity contribution is 5.83. The molecule has 0 unspecified atom stereocenters. The van der Waals surface area contributed by atoms with Gasteiger partial charge in [-0.25, -0.2) is 0 Å². The van der Waals surface area contributed by atoms with Crippen molar-refractivity contribution >= 4 is 5.91 Å². The summed E-state index contributed by atoms with van der Waals surface area (Å²) in [5.41, 5.74) is 5.78. The van der Waals surface area contributed by atoms with Gasteiger partial charge in [0.15, 0.2) is 0 Å². The summed E-state index contributed by atoms with van der Waals surface area (Å²) < 4.78 is 5.51. The molecule has 0 aromatic heterocycles. The number of amides is 1. The minimum absolute atomic E-state index is 0.248. The number of nitrogens with two attached hydrogens (primary N) is 1. The zero-order chi connectivity index (χ0) is 13.2. The second-order valence-electron chi connectivity index (χ2n) is 5.97. The van der Waals surface area contributed by atoms with Crippen LogP contribution in [-0.2, 0) is 9.53 Å². The summed E-state index contributed by atoms with van der Waals surface area (Å²) >= 11 is 0. The number of likely N-dealkylation sites (tertiary alicyclic amines) is 1. The monoisotopic (exact) mass is 254 g/mol. The van der Waals surface area contributed by atoms with Crippen molar-refractivity contribution < 1.29 is 9.53 Å². The van der Waals surface area contributed by atoms with E-state index in [1.165, 1.54) is 0 Å². The normalized spacial score (nSPS) is 28.3. The molecule has 0 saturated carbocycles. The van der Waals surface area contributed by atoms with Gasteiger partial charge in [0.2, 0.25) is 5.91 Å². The topological polar surface area (TPSA) is 55.6 Å². The first-order valence-corrected chi connectivity index (χ1v) is 7.18. The standard InChI is InChI=1S/C14H26N2O2/c1-3-14(4-2,9-15)12(17)16-7-5-13(10-16)6-8-18-11-13/h3-11,15H2,1-2H3/t13-/m0/s1. The van der Waals surface area contributed by atoms with Gasteiger partial charge >= 0.3 is 0 Å². The number of hydrogen-bond acceptors (Lipinski definition) is 3. The molecule has 18 heavy (non-hydrogen) atoms. The van der Waals surface area contributed by atoms with Crippen LogP contribution in [0.3, 0.4) is 0 Å². The van der Waals surface area contributed by atoms with Gasteiger partial charge in [-0.05, 0) is 25.7 Å². The number of rotatable bonds is 4. The van der Waals surface area contributed by atoms with Crippen molar-refractivity contribution in [3.05, 3.63) is 0 Å². The van der Waals surface area contributed by atoms with Crippen LogP contribution in [0.15, 0.2) is 0 Å². The molecular weight excluding hydrogens is 228 g/mol. The zero-order valence-corrected chi connectivity index (χ0v) is 11.7. The van der Waals surface area contributed by atoms with Gasteiger partial charge in [-0.2, -0.15) is 0 Å². The highest BCUT2D eigenvalue weighted by Gasteiger charge is 2.46. The Bertz CT molecular complexity index is 299. The fourth-order valence-corrected chi connectivity index (χ4v) is 3.34. The molecule has 0 aliphatic carbocycles. The van der Waals surface area contributed by atoms with Gasteiger partial charge < -0.3 is 15.4 Å². The predicted molar refractivity (Wildman–Crippen MR) is 71.1 cm³/mol. The number of nitrogens with zero attached hydrogens (tertiary/aromatic N) is 1. The zero-order valence-electron chi connectivity index (χ0n) is 11.7. The van der Waals surface area contributed by atoms with E-state index in [-0.39, 0.29) is 16.7 Å². The van der Waals surface area contributed by atoms with Crippen LogP contribution in [0.4, 0.5) is 0 Å². The van der Waals surface area contributed by atoms with Gasteiger partial charge in [-0.15, -0.1) is 0 Å². The molecule has 0 aromatic carbocycles. The molecule has 1 spiro atoms. The van der Waals surface area contributed by atoms with Crippen LogP contribution in [0.2, 0.25) is 0 Å². The molecule has 1 amide bonds. The van der Waals surface area contributed by atoms with E-state index in [4.69, 9.17) is 10.5 Å². The summed E-state index contributed by atoms with van der Waals surface area (Å²) in [6.07, 6.45) is 3.86. The van der Waals surface area contributed by atoms with E-state index in [1.54, 1.807) is 0 Å². The van der Waals surface area contributed by atoms with Crippen molar-refractivity contribution in [2.75, 3.05) is 32.8 Å². The maximum atomic E-state index is 12.7. The van der Waals surface area contributed by atoms with Crippen molar-refractivity contribution in [3.8, 4) is 0 Å². The summed E-state index contributed by atoms with van der Waals surface area (Å²) in [5.74, 6) is 0.263. The molecule has 0 radical (unpaired) electrons. The fourth-order valence-electron chi connectivity index (χ4n) is 3.34. The SMILES string of the molecule is CCC(CC)(CN)C(=O)N1CC[C@]2(CCOC2)C1.